The first-order valence-corrected chi connectivity index (χ1v) is 14.6. The van der Waals surface area contributed by atoms with Gasteiger partial charge in [0, 0.05) is 60.4 Å². The first-order valence-electron chi connectivity index (χ1n) is 14.6. The van der Waals surface area contributed by atoms with Gasteiger partial charge in [-0.1, -0.05) is 13.0 Å². The van der Waals surface area contributed by atoms with E-state index in [1.807, 2.05) is 24.3 Å². The number of benzene rings is 1. The quantitative estimate of drug-likeness (QED) is 0.263. The minimum Gasteiger partial charge on any atom is -0.496 e. The fourth-order valence-electron chi connectivity index (χ4n) is 5.94. The summed E-state index contributed by atoms with van der Waals surface area (Å²) in [6.45, 7) is 4.40. The molecule has 5 aromatic rings. The molecule has 11 nitrogen and oxygen atoms in total. The van der Waals surface area contributed by atoms with Gasteiger partial charge in [-0.15, -0.1) is 0 Å². The molecule has 0 atom stereocenters. The van der Waals surface area contributed by atoms with Crippen molar-refractivity contribution in [2.24, 2.45) is 0 Å². The fourth-order valence-corrected chi connectivity index (χ4v) is 5.94. The molecule has 1 saturated heterocycles. The molecule has 3 N–H and O–H groups in total. The lowest BCUT2D eigenvalue weighted by atomic mass is 9.89. The second kappa shape index (κ2) is 11.8. The lowest BCUT2D eigenvalue weighted by Gasteiger charge is -2.32. The van der Waals surface area contributed by atoms with E-state index in [2.05, 4.69) is 23.1 Å². The Morgan fingerprint density at radius 3 is 2.52 bits per heavy atom. The molecule has 1 amide bonds. The largest absolute Gasteiger partial charge is 0.496 e. The van der Waals surface area contributed by atoms with Crippen molar-refractivity contribution in [2.45, 2.75) is 39.0 Å². The number of nitrogens with one attached hydrogen (secondary N) is 1. The highest BCUT2D eigenvalue weighted by atomic mass is 16.5. The highest BCUT2D eigenvalue weighted by molar-refractivity contribution is 6.00. The number of aromatic amines is 1. The number of nitrogen functional groups attached to an aromatic ring is 1. The van der Waals surface area contributed by atoms with Gasteiger partial charge in [-0.05, 0) is 56.0 Å². The summed E-state index contributed by atoms with van der Waals surface area (Å²) < 4.78 is 6.96. The molecular formula is C33H33N7O4. The number of rotatable bonds is 7. The molecule has 224 valence electrons. The van der Waals surface area contributed by atoms with Crippen molar-refractivity contribution >= 4 is 23.2 Å². The highest BCUT2D eigenvalue weighted by Crippen LogP contribution is 2.35. The Kier molecular flexibility index (Phi) is 7.69. The number of ketones is 1. The van der Waals surface area contributed by atoms with Gasteiger partial charge in [0.2, 0.25) is 0 Å². The normalized spacial score (nSPS) is 13.8. The first kappa shape index (κ1) is 28.8. The number of aromatic nitrogens is 5. The maximum atomic E-state index is 13.0. The standard InChI is InChI=1S/C33H33N7O4/c1-4-20-15-22(6-8-28(20)44-3)26-7-5-23(16-36-26)24-18-37-40-31(34)29(19(2)41)30(38-32(24)40)21-10-13-39(14-11-21)33(43)25-17-35-12-9-27(25)42/h5-9,12,15-18,21H,4,10-11,13-14,34H2,1-3H3,(H,35,42). The van der Waals surface area contributed by atoms with Crippen molar-refractivity contribution in [3.63, 3.8) is 0 Å². The van der Waals surface area contributed by atoms with E-state index in [1.165, 1.54) is 29.9 Å². The number of piperidine rings is 1. The SMILES string of the molecule is CCc1cc(-c2ccc(-c3cnn4c(N)c(C(C)=O)c(C5CCN(C(=O)c6c[nH]ccc6=O)CC5)nc34)cn2)ccc1OC. The molecule has 5 heterocycles. The third kappa shape index (κ3) is 5.10. The third-order valence-electron chi connectivity index (χ3n) is 8.32. The van der Waals surface area contributed by atoms with Gasteiger partial charge in [0.1, 0.15) is 17.1 Å². The van der Waals surface area contributed by atoms with Crippen molar-refractivity contribution in [3.8, 4) is 28.1 Å². The zero-order valence-corrected chi connectivity index (χ0v) is 24.8. The molecule has 0 saturated carbocycles. The molecule has 0 radical (unpaired) electrons. The average Bonchev–Trinajstić information content (AvgIpc) is 3.48. The number of pyridine rings is 2. The fraction of sp³-hybridized carbons (Fsp3) is 0.273. The molecular weight excluding hydrogens is 558 g/mol. The summed E-state index contributed by atoms with van der Waals surface area (Å²) in [5.41, 5.74) is 12.3. The Labute approximate surface area is 253 Å². The molecule has 1 aromatic carbocycles. The molecule has 0 unspecified atom stereocenters. The molecule has 1 aliphatic heterocycles. The predicted molar refractivity (Wildman–Crippen MR) is 167 cm³/mol. The zero-order valence-electron chi connectivity index (χ0n) is 24.8. The van der Waals surface area contributed by atoms with E-state index in [4.69, 9.17) is 20.4 Å². The molecule has 0 aliphatic carbocycles. The van der Waals surface area contributed by atoms with Crippen LogP contribution in [0.15, 0.2) is 66.0 Å². The van der Waals surface area contributed by atoms with Gasteiger partial charge in [0.05, 0.1) is 30.3 Å². The smallest absolute Gasteiger partial charge is 0.259 e. The van der Waals surface area contributed by atoms with Crippen LogP contribution in [0.3, 0.4) is 0 Å². The minimum atomic E-state index is -0.319. The van der Waals surface area contributed by atoms with Crippen LogP contribution in [0.5, 0.6) is 5.75 Å². The maximum Gasteiger partial charge on any atom is 0.259 e. The van der Waals surface area contributed by atoms with E-state index in [0.29, 0.717) is 42.8 Å². The molecule has 44 heavy (non-hydrogen) atoms. The number of H-pyrrole nitrogens is 1. The van der Waals surface area contributed by atoms with E-state index in [9.17, 15) is 14.4 Å². The second-order valence-electron chi connectivity index (χ2n) is 10.9. The van der Waals surface area contributed by atoms with Crippen molar-refractivity contribution in [1.82, 2.24) is 29.5 Å². The Hall–Kier alpha value is -5.32. The van der Waals surface area contributed by atoms with E-state index in [1.54, 1.807) is 24.4 Å². The number of carbonyl (C=O) groups excluding carboxylic acids is 2. The number of nitrogens with two attached hydrogens (primary N) is 1. The molecule has 0 spiro atoms. The summed E-state index contributed by atoms with van der Waals surface area (Å²) in [6, 6.07) is 11.3. The maximum absolute atomic E-state index is 13.0. The van der Waals surface area contributed by atoms with Crippen molar-refractivity contribution in [3.05, 3.63) is 93.8 Å². The van der Waals surface area contributed by atoms with Crippen LogP contribution in [0, 0.1) is 0 Å². The summed E-state index contributed by atoms with van der Waals surface area (Å²) >= 11 is 0. The number of fused-ring (bicyclic) bond motifs is 1. The van der Waals surface area contributed by atoms with E-state index in [-0.39, 0.29) is 34.4 Å². The molecule has 1 fully saturated rings. The molecule has 4 aromatic heterocycles. The number of methoxy groups -OCH3 is 1. The van der Waals surface area contributed by atoms with Crippen LogP contribution in [0.2, 0.25) is 0 Å². The number of anilines is 1. The number of Topliss-reactive ketones (excluding diaryl/α,β-unsaturated/α-hetero) is 1. The van der Waals surface area contributed by atoms with Gasteiger partial charge < -0.3 is 20.4 Å². The van der Waals surface area contributed by atoms with E-state index < -0.39 is 0 Å². The van der Waals surface area contributed by atoms with Crippen molar-refractivity contribution in [1.29, 1.82) is 0 Å². The molecule has 0 bridgehead atoms. The van der Waals surface area contributed by atoms with E-state index >= 15 is 0 Å². The Bertz CT molecular complexity index is 1940. The van der Waals surface area contributed by atoms with Crippen LogP contribution in [-0.4, -0.2) is 61.4 Å². The Morgan fingerprint density at radius 2 is 1.86 bits per heavy atom. The number of ether oxygens (including phenoxy) is 1. The lowest BCUT2D eigenvalue weighted by molar-refractivity contribution is 0.0709. The van der Waals surface area contributed by atoms with E-state index in [0.717, 1.165) is 40.1 Å². The molecule has 6 rings (SSSR count). The highest BCUT2D eigenvalue weighted by Gasteiger charge is 2.31. The minimum absolute atomic E-state index is 0.106. The van der Waals surface area contributed by atoms with Crippen LogP contribution in [0.1, 0.15) is 64.6 Å². The topological polar surface area (TPSA) is 149 Å². The van der Waals surface area contributed by atoms with Gasteiger partial charge in [-0.25, -0.2) is 4.98 Å². The number of nitrogens with zero attached hydrogens (tertiary/aromatic N) is 5. The van der Waals surface area contributed by atoms with Crippen LogP contribution in [0.4, 0.5) is 5.82 Å². The van der Waals surface area contributed by atoms with Crippen molar-refractivity contribution < 1.29 is 14.3 Å². The number of hydrogen-bond acceptors (Lipinski definition) is 8. The monoisotopic (exact) mass is 591 g/mol. The number of carbonyl (C=O) groups is 2. The summed E-state index contributed by atoms with van der Waals surface area (Å²) in [7, 11) is 1.67. The van der Waals surface area contributed by atoms with Gasteiger partial charge in [-0.3, -0.25) is 19.4 Å². The first-order chi connectivity index (χ1) is 21.3. The lowest BCUT2D eigenvalue weighted by Crippen LogP contribution is -2.40. The zero-order chi connectivity index (χ0) is 31.0. The number of likely N-dealkylation sites (tertiary alicyclic amines) is 1. The van der Waals surface area contributed by atoms with Gasteiger partial charge in [-0.2, -0.15) is 9.61 Å². The number of aryl methyl sites for hydroxylation is 1. The molecule has 11 heteroatoms. The van der Waals surface area contributed by atoms with Crippen LogP contribution < -0.4 is 15.9 Å². The number of amides is 1. The van der Waals surface area contributed by atoms with Crippen LogP contribution in [0.25, 0.3) is 28.0 Å². The summed E-state index contributed by atoms with van der Waals surface area (Å²) in [4.78, 5) is 52.2. The van der Waals surface area contributed by atoms with Crippen molar-refractivity contribution in [2.75, 3.05) is 25.9 Å². The predicted octanol–water partition coefficient (Wildman–Crippen LogP) is 4.52. The summed E-state index contributed by atoms with van der Waals surface area (Å²) in [6.07, 6.45) is 8.39. The summed E-state index contributed by atoms with van der Waals surface area (Å²) in [5, 5.41) is 4.47. The third-order valence-corrected chi connectivity index (χ3v) is 8.32. The molecule has 1 aliphatic rings. The second-order valence-corrected chi connectivity index (χ2v) is 10.9. The Morgan fingerprint density at radius 1 is 1.09 bits per heavy atom. The summed E-state index contributed by atoms with van der Waals surface area (Å²) in [5.74, 6) is 0.468. The number of hydrogen-bond donors (Lipinski definition) is 2. The van der Waals surface area contributed by atoms with Gasteiger partial charge >= 0.3 is 0 Å². The Balaban J connectivity index is 1.31. The van der Waals surface area contributed by atoms with Crippen LogP contribution in [-0.2, 0) is 6.42 Å². The van der Waals surface area contributed by atoms with Gasteiger partial charge in [0.15, 0.2) is 16.9 Å². The average molecular weight is 592 g/mol. The van der Waals surface area contributed by atoms with Crippen LogP contribution >= 0.6 is 0 Å². The van der Waals surface area contributed by atoms with Gasteiger partial charge in [0.25, 0.3) is 5.91 Å².